The minimum Gasteiger partial charge on any atom is -0.392 e. The summed E-state index contributed by atoms with van der Waals surface area (Å²) in [4.78, 5) is 4.63. The molecule has 0 fully saturated rings. The van der Waals surface area contributed by atoms with Crippen LogP contribution in [-0.2, 0) is 13.5 Å². The summed E-state index contributed by atoms with van der Waals surface area (Å²) in [5, 5.41) is 10.3. The van der Waals surface area contributed by atoms with Crippen LogP contribution in [0.25, 0.3) is 11.0 Å². The number of benzene rings is 1. The second kappa shape index (κ2) is 5.80. The summed E-state index contributed by atoms with van der Waals surface area (Å²) < 4.78 is 2.09. The standard InChI is InChI=1S/C17H22N2O/c1-19-16-10-6-5-9-15(16)18-17(19)12-14(20)11-13-7-3-2-4-8-13/h5-7,9-10,14,20H,2-4,8,11-12H2,1H3. The summed E-state index contributed by atoms with van der Waals surface area (Å²) in [6, 6.07) is 8.12. The number of nitrogens with zero attached hydrogens (tertiary/aromatic N) is 2. The van der Waals surface area contributed by atoms with E-state index >= 15 is 0 Å². The van der Waals surface area contributed by atoms with E-state index in [1.807, 2.05) is 25.2 Å². The zero-order valence-electron chi connectivity index (χ0n) is 12.0. The summed E-state index contributed by atoms with van der Waals surface area (Å²) in [5.74, 6) is 0.968. The third kappa shape index (κ3) is 2.78. The van der Waals surface area contributed by atoms with Gasteiger partial charge in [-0.2, -0.15) is 0 Å². The van der Waals surface area contributed by atoms with Crippen LogP contribution in [0.1, 0.15) is 37.9 Å². The Morgan fingerprint density at radius 1 is 1.25 bits per heavy atom. The maximum Gasteiger partial charge on any atom is 0.112 e. The molecule has 1 unspecified atom stereocenters. The van der Waals surface area contributed by atoms with Crippen LogP contribution in [0.15, 0.2) is 35.9 Å². The summed E-state index contributed by atoms with van der Waals surface area (Å²) in [6.07, 6.45) is 8.30. The number of fused-ring (bicyclic) bond motifs is 1. The van der Waals surface area contributed by atoms with Crippen LogP contribution in [-0.4, -0.2) is 20.8 Å². The molecule has 20 heavy (non-hydrogen) atoms. The molecule has 1 heterocycles. The monoisotopic (exact) mass is 270 g/mol. The van der Waals surface area contributed by atoms with Crippen molar-refractivity contribution in [3.05, 3.63) is 41.7 Å². The average molecular weight is 270 g/mol. The largest absolute Gasteiger partial charge is 0.392 e. The highest BCUT2D eigenvalue weighted by Gasteiger charge is 2.15. The number of rotatable bonds is 4. The van der Waals surface area contributed by atoms with Crippen LogP contribution in [0.4, 0.5) is 0 Å². The maximum atomic E-state index is 10.3. The van der Waals surface area contributed by atoms with Crippen molar-refractivity contribution in [3.63, 3.8) is 0 Å². The lowest BCUT2D eigenvalue weighted by molar-refractivity contribution is 0.170. The lowest BCUT2D eigenvalue weighted by Gasteiger charge is -2.16. The highest BCUT2D eigenvalue weighted by atomic mass is 16.3. The molecule has 1 aliphatic carbocycles. The molecule has 3 nitrogen and oxygen atoms in total. The van der Waals surface area contributed by atoms with E-state index in [4.69, 9.17) is 0 Å². The van der Waals surface area contributed by atoms with Crippen LogP contribution in [0.3, 0.4) is 0 Å². The van der Waals surface area contributed by atoms with Crippen LogP contribution in [0, 0.1) is 0 Å². The van der Waals surface area contributed by atoms with E-state index in [2.05, 4.69) is 21.7 Å². The SMILES string of the molecule is Cn1c(CC(O)CC2=CCCCC2)nc2ccccc21. The molecule has 1 aliphatic rings. The molecular formula is C17H22N2O. The molecule has 3 rings (SSSR count). The first-order valence-electron chi connectivity index (χ1n) is 7.50. The van der Waals surface area contributed by atoms with E-state index in [-0.39, 0.29) is 6.10 Å². The molecule has 0 spiro atoms. The summed E-state index contributed by atoms with van der Waals surface area (Å²) in [7, 11) is 2.03. The number of para-hydroxylation sites is 2. The number of aryl methyl sites for hydroxylation is 1. The van der Waals surface area contributed by atoms with Gasteiger partial charge in [-0.1, -0.05) is 23.8 Å². The fourth-order valence-electron chi connectivity index (χ4n) is 3.05. The Labute approximate surface area is 120 Å². The molecule has 106 valence electrons. The molecule has 0 saturated carbocycles. The first-order chi connectivity index (χ1) is 9.74. The van der Waals surface area contributed by atoms with E-state index in [0.29, 0.717) is 6.42 Å². The second-order valence-electron chi connectivity index (χ2n) is 5.75. The summed E-state index contributed by atoms with van der Waals surface area (Å²) >= 11 is 0. The van der Waals surface area contributed by atoms with Gasteiger partial charge in [0.2, 0.25) is 0 Å². The average Bonchev–Trinajstić information content (AvgIpc) is 2.77. The van der Waals surface area contributed by atoms with E-state index in [0.717, 1.165) is 29.7 Å². The van der Waals surface area contributed by atoms with Gasteiger partial charge in [0, 0.05) is 13.5 Å². The van der Waals surface area contributed by atoms with E-state index < -0.39 is 0 Å². The van der Waals surface area contributed by atoms with Gasteiger partial charge in [0.1, 0.15) is 5.82 Å². The number of hydrogen-bond acceptors (Lipinski definition) is 2. The normalized spacial score (nSPS) is 17.2. The molecule has 2 aromatic rings. The van der Waals surface area contributed by atoms with Gasteiger partial charge in [0.05, 0.1) is 17.1 Å². The number of aromatic nitrogens is 2. The predicted octanol–water partition coefficient (Wildman–Crippen LogP) is 3.37. The Kier molecular flexibility index (Phi) is 3.88. The first kappa shape index (κ1) is 13.4. The van der Waals surface area contributed by atoms with Crippen LogP contribution in [0.2, 0.25) is 0 Å². The van der Waals surface area contributed by atoms with Crippen molar-refractivity contribution in [1.82, 2.24) is 9.55 Å². The molecule has 0 radical (unpaired) electrons. The minimum atomic E-state index is -0.324. The van der Waals surface area contributed by atoms with Gasteiger partial charge in [-0.05, 0) is 44.2 Å². The molecule has 1 N–H and O–H groups in total. The van der Waals surface area contributed by atoms with Crippen LogP contribution < -0.4 is 0 Å². The lowest BCUT2D eigenvalue weighted by atomic mass is 9.94. The molecule has 0 saturated heterocycles. The number of aliphatic hydroxyl groups excluding tert-OH is 1. The van der Waals surface area contributed by atoms with Crippen molar-refractivity contribution in [2.45, 2.75) is 44.6 Å². The topological polar surface area (TPSA) is 38.0 Å². The minimum absolute atomic E-state index is 0.324. The highest BCUT2D eigenvalue weighted by molar-refractivity contribution is 5.75. The van der Waals surface area contributed by atoms with Gasteiger partial charge in [-0.25, -0.2) is 4.98 Å². The van der Waals surface area contributed by atoms with Crippen molar-refractivity contribution in [3.8, 4) is 0 Å². The van der Waals surface area contributed by atoms with Gasteiger partial charge < -0.3 is 9.67 Å². The van der Waals surface area contributed by atoms with E-state index in [9.17, 15) is 5.11 Å². The molecular weight excluding hydrogens is 248 g/mol. The third-order valence-corrected chi connectivity index (χ3v) is 4.18. The Morgan fingerprint density at radius 3 is 2.85 bits per heavy atom. The zero-order chi connectivity index (χ0) is 13.9. The molecule has 1 atom stereocenters. The smallest absolute Gasteiger partial charge is 0.112 e. The van der Waals surface area contributed by atoms with Crippen molar-refractivity contribution in [2.24, 2.45) is 7.05 Å². The third-order valence-electron chi connectivity index (χ3n) is 4.18. The maximum absolute atomic E-state index is 10.3. The summed E-state index contributed by atoms with van der Waals surface area (Å²) in [5.41, 5.74) is 3.56. The number of imidazole rings is 1. The van der Waals surface area contributed by atoms with Gasteiger partial charge in [0.15, 0.2) is 0 Å². The molecule has 1 aromatic heterocycles. The molecule has 3 heteroatoms. The fourth-order valence-corrected chi connectivity index (χ4v) is 3.05. The predicted molar refractivity (Wildman–Crippen MR) is 81.6 cm³/mol. The van der Waals surface area contributed by atoms with Crippen LogP contribution in [0.5, 0.6) is 0 Å². The summed E-state index contributed by atoms with van der Waals surface area (Å²) in [6.45, 7) is 0. The lowest BCUT2D eigenvalue weighted by Crippen LogP contribution is -2.15. The second-order valence-corrected chi connectivity index (χ2v) is 5.75. The number of aliphatic hydroxyl groups is 1. The van der Waals surface area contributed by atoms with Gasteiger partial charge >= 0.3 is 0 Å². The fraction of sp³-hybridized carbons (Fsp3) is 0.471. The number of allylic oxidation sites excluding steroid dienone is 1. The van der Waals surface area contributed by atoms with Crippen LogP contribution >= 0.6 is 0 Å². The van der Waals surface area contributed by atoms with Gasteiger partial charge in [-0.3, -0.25) is 0 Å². The first-order valence-corrected chi connectivity index (χ1v) is 7.50. The molecule has 0 amide bonds. The Balaban J connectivity index is 1.72. The van der Waals surface area contributed by atoms with Crippen molar-refractivity contribution in [2.75, 3.05) is 0 Å². The van der Waals surface area contributed by atoms with Gasteiger partial charge in [0.25, 0.3) is 0 Å². The van der Waals surface area contributed by atoms with Crippen molar-refractivity contribution < 1.29 is 5.11 Å². The highest BCUT2D eigenvalue weighted by Crippen LogP contribution is 2.23. The van der Waals surface area contributed by atoms with Crippen molar-refractivity contribution in [1.29, 1.82) is 0 Å². The molecule has 0 aliphatic heterocycles. The number of hydrogen-bond donors (Lipinski definition) is 1. The van der Waals surface area contributed by atoms with E-state index in [1.54, 1.807) is 0 Å². The quantitative estimate of drug-likeness (QED) is 0.865. The van der Waals surface area contributed by atoms with Gasteiger partial charge in [-0.15, -0.1) is 0 Å². The molecule has 0 bridgehead atoms. The van der Waals surface area contributed by atoms with E-state index in [1.165, 1.54) is 24.8 Å². The Morgan fingerprint density at radius 2 is 2.10 bits per heavy atom. The molecule has 1 aromatic carbocycles. The Hall–Kier alpha value is -1.61. The van der Waals surface area contributed by atoms with Crippen molar-refractivity contribution >= 4 is 11.0 Å². The zero-order valence-corrected chi connectivity index (χ0v) is 12.0. The Bertz CT molecular complexity index is 627.